The zero-order chi connectivity index (χ0) is 15.3. The Hall–Kier alpha value is -0.990. The Balaban J connectivity index is 0.00000242. The summed E-state index contributed by atoms with van der Waals surface area (Å²) in [4.78, 5) is 4.09. The van der Waals surface area contributed by atoms with Gasteiger partial charge in [-0.3, -0.25) is 4.99 Å². The first-order chi connectivity index (χ1) is 9.99. The van der Waals surface area contributed by atoms with E-state index in [2.05, 4.69) is 15.6 Å². The van der Waals surface area contributed by atoms with Gasteiger partial charge in [-0.2, -0.15) is 13.2 Å². The minimum atomic E-state index is -4.29. The maximum absolute atomic E-state index is 12.5. The van der Waals surface area contributed by atoms with Crippen LogP contribution in [-0.2, 0) is 12.7 Å². The normalized spacial score (nSPS) is 15.2. The van der Waals surface area contributed by atoms with E-state index in [9.17, 15) is 13.2 Å². The highest BCUT2D eigenvalue weighted by atomic mass is 127. The molecule has 0 saturated heterocycles. The lowest BCUT2D eigenvalue weighted by molar-refractivity contribution is -0.137. The van der Waals surface area contributed by atoms with Gasteiger partial charge < -0.3 is 10.6 Å². The summed E-state index contributed by atoms with van der Waals surface area (Å²) in [6.45, 7) is 1.32. The highest BCUT2D eigenvalue weighted by Gasteiger charge is 2.29. The summed E-state index contributed by atoms with van der Waals surface area (Å²) in [5.74, 6) is 1.53. The average molecular weight is 427 g/mol. The van der Waals surface area contributed by atoms with E-state index in [4.69, 9.17) is 0 Å². The summed E-state index contributed by atoms with van der Waals surface area (Å²) in [5.41, 5.74) is 0.159. The molecule has 1 aromatic carbocycles. The van der Waals surface area contributed by atoms with Gasteiger partial charge in [0.05, 0.1) is 5.56 Å². The first-order valence-corrected chi connectivity index (χ1v) is 7.09. The largest absolute Gasteiger partial charge is 0.416 e. The average Bonchev–Trinajstić information content (AvgIpc) is 3.26. The van der Waals surface area contributed by atoms with Crippen molar-refractivity contribution in [2.45, 2.75) is 32.0 Å². The Kier molecular flexibility index (Phi) is 7.44. The summed E-state index contributed by atoms with van der Waals surface area (Å²) in [6.07, 6.45) is -0.508. The van der Waals surface area contributed by atoms with Gasteiger partial charge >= 0.3 is 6.18 Å². The second-order valence-electron chi connectivity index (χ2n) is 5.28. The molecule has 2 N–H and O–H groups in total. The Morgan fingerprint density at radius 2 is 1.82 bits per heavy atom. The van der Waals surface area contributed by atoms with Gasteiger partial charge in [0.1, 0.15) is 0 Å². The summed E-state index contributed by atoms with van der Waals surface area (Å²) in [5, 5.41) is 6.30. The number of nitrogens with zero attached hydrogens (tertiary/aromatic N) is 1. The van der Waals surface area contributed by atoms with E-state index in [0.717, 1.165) is 36.6 Å². The van der Waals surface area contributed by atoms with Crippen LogP contribution in [0.1, 0.15) is 30.4 Å². The third kappa shape index (κ3) is 6.41. The molecule has 0 radical (unpaired) electrons. The van der Waals surface area contributed by atoms with Crippen molar-refractivity contribution in [2.24, 2.45) is 10.9 Å². The van der Waals surface area contributed by atoms with E-state index in [0.29, 0.717) is 12.5 Å². The molecule has 1 fully saturated rings. The van der Waals surface area contributed by atoms with Crippen molar-refractivity contribution in [2.75, 3.05) is 13.6 Å². The van der Waals surface area contributed by atoms with E-state index in [1.54, 1.807) is 7.05 Å². The molecule has 0 aliphatic heterocycles. The predicted molar refractivity (Wildman–Crippen MR) is 92.4 cm³/mol. The molecule has 7 heteroatoms. The predicted octanol–water partition coefficient (Wildman–Crippen LogP) is 3.79. The molecule has 1 aliphatic rings. The first kappa shape index (κ1) is 19.1. The molecule has 3 nitrogen and oxygen atoms in total. The third-order valence-electron chi connectivity index (χ3n) is 3.51. The van der Waals surface area contributed by atoms with Crippen LogP contribution < -0.4 is 10.6 Å². The number of aliphatic imine (C=N–C) groups is 1. The highest BCUT2D eigenvalue weighted by Crippen LogP contribution is 2.31. The quantitative estimate of drug-likeness (QED) is 0.426. The van der Waals surface area contributed by atoms with Gasteiger partial charge in [-0.05, 0) is 30.0 Å². The maximum Gasteiger partial charge on any atom is 0.416 e. The number of alkyl halides is 3. The van der Waals surface area contributed by atoms with Crippen molar-refractivity contribution < 1.29 is 13.2 Å². The van der Waals surface area contributed by atoms with Gasteiger partial charge in [0.15, 0.2) is 5.96 Å². The summed E-state index contributed by atoms with van der Waals surface area (Å²) in [6, 6.07) is 5.15. The first-order valence-electron chi connectivity index (χ1n) is 7.09. The van der Waals surface area contributed by atoms with Crippen LogP contribution in [0.15, 0.2) is 29.3 Å². The van der Waals surface area contributed by atoms with Crippen molar-refractivity contribution in [3.05, 3.63) is 35.4 Å². The molecule has 22 heavy (non-hydrogen) atoms. The number of rotatable bonds is 5. The Labute approximate surface area is 145 Å². The zero-order valence-corrected chi connectivity index (χ0v) is 14.7. The van der Waals surface area contributed by atoms with Crippen LogP contribution in [0.5, 0.6) is 0 Å². The van der Waals surface area contributed by atoms with E-state index >= 15 is 0 Å². The van der Waals surface area contributed by atoms with E-state index in [1.807, 2.05) is 0 Å². The van der Waals surface area contributed by atoms with Crippen LogP contribution in [0.25, 0.3) is 0 Å². The number of nitrogens with one attached hydrogen (secondary N) is 2. The van der Waals surface area contributed by atoms with Crippen LogP contribution in [0.2, 0.25) is 0 Å². The fourth-order valence-corrected chi connectivity index (χ4v) is 2.02. The lowest BCUT2D eigenvalue weighted by atomic mass is 10.1. The molecule has 0 atom stereocenters. The van der Waals surface area contributed by atoms with Gasteiger partial charge in [0.25, 0.3) is 0 Å². The van der Waals surface area contributed by atoms with E-state index in [1.165, 1.54) is 25.0 Å². The molecular weight excluding hydrogens is 406 g/mol. The SMILES string of the molecule is CN=C(NCCC1CC1)NCc1ccc(C(F)(F)F)cc1.I. The lowest BCUT2D eigenvalue weighted by Gasteiger charge is -2.12. The smallest absolute Gasteiger partial charge is 0.356 e. The number of guanidine groups is 1. The molecule has 0 heterocycles. The number of halogens is 4. The molecule has 0 bridgehead atoms. The van der Waals surface area contributed by atoms with Gasteiger partial charge in [-0.1, -0.05) is 25.0 Å². The molecule has 1 saturated carbocycles. The third-order valence-corrected chi connectivity index (χ3v) is 3.51. The summed E-state index contributed by atoms with van der Waals surface area (Å²) >= 11 is 0. The van der Waals surface area contributed by atoms with Crippen molar-refractivity contribution in [1.29, 1.82) is 0 Å². The molecule has 1 aliphatic carbocycles. The van der Waals surface area contributed by atoms with Gasteiger partial charge in [0, 0.05) is 20.1 Å². The fourth-order valence-electron chi connectivity index (χ4n) is 2.02. The van der Waals surface area contributed by atoms with Crippen LogP contribution >= 0.6 is 24.0 Å². The van der Waals surface area contributed by atoms with Crippen molar-refractivity contribution >= 4 is 29.9 Å². The Morgan fingerprint density at radius 1 is 1.18 bits per heavy atom. The second kappa shape index (κ2) is 8.59. The number of benzene rings is 1. The monoisotopic (exact) mass is 427 g/mol. The molecule has 2 rings (SSSR count). The van der Waals surface area contributed by atoms with E-state index in [-0.39, 0.29) is 24.0 Å². The number of hydrogen-bond donors (Lipinski definition) is 2. The summed E-state index contributed by atoms with van der Waals surface area (Å²) < 4.78 is 37.4. The molecule has 0 unspecified atom stereocenters. The van der Waals surface area contributed by atoms with Gasteiger partial charge in [-0.15, -0.1) is 24.0 Å². The molecular formula is C15H21F3IN3. The summed E-state index contributed by atoms with van der Waals surface area (Å²) in [7, 11) is 1.68. The minimum absolute atomic E-state index is 0. The maximum atomic E-state index is 12.5. The minimum Gasteiger partial charge on any atom is -0.356 e. The number of hydrogen-bond acceptors (Lipinski definition) is 1. The van der Waals surface area contributed by atoms with E-state index < -0.39 is 11.7 Å². The molecule has 0 amide bonds. The van der Waals surface area contributed by atoms with Crippen LogP contribution in [0.3, 0.4) is 0 Å². The van der Waals surface area contributed by atoms with Gasteiger partial charge in [0.2, 0.25) is 0 Å². The van der Waals surface area contributed by atoms with Crippen LogP contribution in [0.4, 0.5) is 13.2 Å². The molecule has 0 spiro atoms. The zero-order valence-electron chi connectivity index (χ0n) is 12.4. The van der Waals surface area contributed by atoms with Gasteiger partial charge in [-0.25, -0.2) is 0 Å². The molecule has 0 aromatic heterocycles. The van der Waals surface area contributed by atoms with Crippen molar-refractivity contribution in [3.8, 4) is 0 Å². The Bertz CT molecular complexity index is 482. The standard InChI is InChI=1S/C15H20F3N3.HI/c1-19-14(20-9-8-11-2-3-11)21-10-12-4-6-13(7-5-12)15(16,17)18;/h4-7,11H,2-3,8-10H2,1H3,(H2,19,20,21);1H. The Morgan fingerprint density at radius 3 is 2.32 bits per heavy atom. The highest BCUT2D eigenvalue weighted by molar-refractivity contribution is 14.0. The topological polar surface area (TPSA) is 36.4 Å². The van der Waals surface area contributed by atoms with Crippen molar-refractivity contribution in [3.63, 3.8) is 0 Å². The van der Waals surface area contributed by atoms with Crippen LogP contribution in [-0.4, -0.2) is 19.6 Å². The lowest BCUT2D eigenvalue weighted by Crippen LogP contribution is -2.37. The van der Waals surface area contributed by atoms with Crippen molar-refractivity contribution in [1.82, 2.24) is 10.6 Å². The second-order valence-corrected chi connectivity index (χ2v) is 5.28. The fraction of sp³-hybridized carbons (Fsp3) is 0.533. The molecule has 124 valence electrons. The van der Waals surface area contributed by atoms with Crippen LogP contribution in [0, 0.1) is 5.92 Å². The molecule has 1 aromatic rings.